The largest absolute Gasteiger partial charge is 0.496 e. The van der Waals surface area contributed by atoms with Gasteiger partial charge >= 0.3 is 0 Å². The summed E-state index contributed by atoms with van der Waals surface area (Å²) in [6, 6.07) is 3.36. The molecule has 0 radical (unpaired) electrons. The second-order valence-electron chi connectivity index (χ2n) is 4.16. The molecule has 4 nitrogen and oxygen atoms in total. The lowest BCUT2D eigenvalue weighted by molar-refractivity contribution is 0.0761. The number of halogens is 2. The van der Waals surface area contributed by atoms with Crippen molar-refractivity contribution in [1.29, 1.82) is 0 Å². The molecule has 1 aromatic rings. The normalized spacial score (nSPS) is 19.1. The number of amides is 1. The van der Waals surface area contributed by atoms with E-state index in [-0.39, 0.29) is 5.91 Å². The van der Waals surface area contributed by atoms with E-state index in [0.717, 1.165) is 3.57 Å². The Labute approximate surface area is 124 Å². The number of rotatable bonds is 2. The molecule has 1 amide bonds. The van der Waals surface area contributed by atoms with Crippen LogP contribution < -0.4 is 4.74 Å². The van der Waals surface area contributed by atoms with E-state index in [9.17, 15) is 9.90 Å². The summed E-state index contributed by atoms with van der Waals surface area (Å²) in [5.74, 6) is 0.358. The molecule has 1 atom stereocenters. The van der Waals surface area contributed by atoms with Gasteiger partial charge in [-0.15, -0.1) is 0 Å². The Bertz CT molecular complexity index is 481. The SMILES string of the molecule is COc1cc(I)c(Cl)cc1C(=O)N1CC[C@H](O)C1. The molecular formula is C12H13ClINO3. The summed E-state index contributed by atoms with van der Waals surface area (Å²) < 4.78 is 6.05. The molecule has 0 saturated carbocycles. The molecule has 1 aliphatic rings. The van der Waals surface area contributed by atoms with E-state index in [0.29, 0.717) is 35.8 Å². The fourth-order valence-corrected chi connectivity index (χ4v) is 2.56. The predicted octanol–water partition coefficient (Wildman–Crippen LogP) is 2.16. The van der Waals surface area contributed by atoms with Gasteiger partial charge in [0.1, 0.15) is 5.75 Å². The highest BCUT2D eigenvalue weighted by molar-refractivity contribution is 14.1. The Hall–Kier alpha value is -0.530. The molecule has 1 fully saturated rings. The number of aliphatic hydroxyl groups excluding tert-OH is 1. The van der Waals surface area contributed by atoms with Crippen LogP contribution in [0.5, 0.6) is 5.75 Å². The van der Waals surface area contributed by atoms with Gasteiger partial charge in [0.15, 0.2) is 0 Å². The van der Waals surface area contributed by atoms with Gasteiger partial charge in [-0.1, -0.05) is 11.6 Å². The van der Waals surface area contributed by atoms with E-state index < -0.39 is 6.10 Å². The highest BCUT2D eigenvalue weighted by atomic mass is 127. The van der Waals surface area contributed by atoms with Crippen LogP contribution in [0.1, 0.15) is 16.8 Å². The number of hydrogen-bond donors (Lipinski definition) is 1. The monoisotopic (exact) mass is 381 g/mol. The molecule has 0 unspecified atom stereocenters. The van der Waals surface area contributed by atoms with Crippen LogP contribution in [0.4, 0.5) is 0 Å². The number of carbonyl (C=O) groups is 1. The number of ether oxygens (including phenoxy) is 1. The first-order valence-corrected chi connectivity index (χ1v) is 6.99. The number of aliphatic hydroxyl groups is 1. The van der Waals surface area contributed by atoms with Gasteiger partial charge in [0, 0.05) is 16.7 Å². The molecule has 1 saturated heterocycles. The van der Waals surface area contributed by atoms with Gasteiger partial charge in [-0.2, -0.15) is 0 Å². The second kappa shape index (κ2) is 5.63. The van der Waals surface area contributed by atoms with Crippen molar-refractivity contribution in [1.82, 2.24) is 4.90 Å². The van der Waals surface area contributed by atoms with Crippen molar-refractivity contribution in [3.63, 3.8) is 0 Å². The van der Waals surface area contributed by atoms with Crippen LogP contribution in [0.3, 0.4) is 0 Å². The van der Waals surface area contributed by atoms with Crippen LogP contribution in [0, 0.1) is 3.57 Å². The third-order valence-electron chi connectivity index (χ3n) is 2.92. The van der Waals surface area contributed by atoms with Gasteiger partial charge in [0.05, 0.1) is 23.8 Å². The number of nitrogens with zero attached hydrogens (tertiary/aromatic N) is 1. The molecular weight excluding hydrogens is 368 g/mol. The van der Waals surface area contributed by atoms with Crippen LogP contribution in [0.25, 0.3) is 0 Å². The number of carbonyl (C=O) groups excluding carboxylic acids is 1. The Balaban J connectivity index is 2.32. The maximum atomic E-state index is 12.3. The number of methoxy groups -OCH3 is 1. The van der Waals surface area contributed by atoms with E-state index in [1.165, 1.54) is 7.11 Å². The van der Waals surface area contributed by atoms with E-state index in [1.54, 1.807) is 17.0 Å². The summed E-state index contributed by atoms with van der Waals surface area (Å²) in [5.41, 5.74) is 0.442. The van der Waals surface area contributed by atoms with E-state index >= 15 is 0 Å². The lowest BCUT2D eigenvalue weighted by atomic mass is 10.1. The van der Waals surface area contributed by atoms with E-state index in [1.807, 2.05) is 0 Å². The third kappa shape index (κ3) is 2.73. The maximum absolute atomic E-state index is 12.3. The van der Waals surface area contributed by atoms with Gasteiger partial charge < -0.3 is 14.7 Å². The summed E-state index contributed by atoms with van der Waals surface area (Å²) in [7, 11) is 1.52. The minimum absolute atomic E-state index is 0.151. The predicted molar refractivity (Wildman–Crippen MR) is 77.2 cm³/mol. The number of benzene rings is 1. The second-order valence-corrected chi connectivity index (χ2v) is 5.73. The van der Waals surface area contributed by atoms with Gasteiger partial charge in [-0.3, -0.25) is 4.79 Å². The zero-order chi connectivity index (χ0) is 13.3. The Kier molecular flexibility index (Phi) is 4.34. The lowest BCUT2D eigenvalue weighted by Gasteiger charge is -2.18. The fraction of sp³-hybridized carbons (Fsp3) is 0.417. The molecule has 1 heterocycles. The van der Waals surface area contributed by atoms with Crippen LogP contribution in [0.2, 0.25) is 5.02 Å². The molecule has 1 N–H and O–H groups in total. The van der Waals surface area contributed by atoms with Crippen LogP contribution >= 0.6 is 34.2 Å². The Morgan fingerprint density at radius 2 is 2.33 bits per heavy atom. The first kappa shape index (κ1) is 13.9. The Morgan fingerprint density at radius 3 is 2.89 bits per heavy atom. The molecule has 2 rings (SSSR count). The standard InChI is InChI=1S/C12H13ClINO3/c1-18-11-5-10(14)9(13)4-8(11)12(17)15-3-2-7(16)6-15/h4-5,7,16H,2-3,6H2,1H3/t7-/m0/s1. The van der Waals surface area contributed by atoms with E-state index in [4.69, 9.17) is 16.3 Å². The summed E-state index contributed by atoms with van der Waals surface area (Å²) >= 11 is 8.13. The summed E-state index contributed by atoms with van der Waals surface area (Å²) in [5, 5.41) is 10.00. The van der Waals surface area contributed by atoms with Crippen molar-refractivity contribution in [3.8, 4) is 5.75 Å². The molecule has 1 aliphatic heterocycles. The zero-order valence-corrected chi connectivity index (χ0v) is 12.7. The topological polar surface area (TPSA) is 49.8 Å². The molecule has 18 heavy (non-hydrogen) atoms. The molecule has 6 heteroatoms. The number of likely N-dealkylation sites (tertiary alicyclic amines) is 1. The van der Waals surface area contributed by atoms with Crippen molar-refractivity contribution in [2.45, 2.75) is 12.5 Å². The van der Waals surface area contributed by atoms with Crippen molar-refractivity contribution in [3.05, 3.63) is 26.3 Å². The number of β-amino-alcohol motifs (C(OH)–C–C–N with tert-alkyl or cyclic N) is 1. The first-order valence-electron chi connectivity index (χ1n) is 5.53. The summed E-state index contributed by atoms with van der Waals surface area (Å²) in [4.78, 5) is 13.9. The quantitative estimate of drug-likeness (QED) is 0.799. The molecule has 0 spiro atoms. The highest BCUT2D eigenvalue weighted by Crippen LogP contribution is 2.29. The van der Waals surface area contributed by atoms with Crippen LogP contribution in [-0.2, 0) is 0 Å². The molecule has 0 aliphatic carbocycles. The van der Waals surface area contributed by atoms with Crippen LogP contribution in [0.15, 0.2) is 12.1 Å². The smallest absolute Gasteiger partial charge is 0.257 e. The van der Waals surface area contributed by atoms with Gasteiger partial charge in [0.25, 0.3) is 5.91 Å². The molecule has 0 aromatic heterocycles. The van der Waals surface area contributed by atoms with Gasteiger partial charge in [-0.05, 0) is 41.1 Å². The minimum atomic E-state index is -0.431. The zero-order valence-electron chi connectivity index (χ0n) is 9.82. The van der Waals surface area contributed by atoms with Crippen molar-refractivity contribution in [2.75, 3.05) is 20.2 Å². The summed E-state index contributed by atoms with van der Waals surface area (Å²) in [6.45, 7) is 0.929. The number of hydrogen-bond acceptors (Lipinski definition) is 3. The van der Waals surface area contributed by atoms with Gasteiger partial charge in [-0.25, -0.2) is 0 Å². The lowest BCUT2D eigenvalue weighted by Crippen LogP contribution is -2.29. The fourth-order valence-electron chi connectivity index (χ4n) is 1.96. The third-order valence-corrected chi connectivity index (χ3v) is 4.45. The van der Waals surface area contributed by atoms with E-state index in [2.05, 4.69) is 22.6 Å². The Morgan fingerprint density at radius 1 is 1.61 bits per heavy atom. The average Bonchev–Trinajstić information content (AvgIpc) is 2.78. The first-order chi connectivity index (χ1) is 8.52. The maximum Gasteiger partial charge on any atom is 0.257 e. The minimum Gasteiger partial charge on any atom is -0.496 e. The van der Waals surface area contributed by atoms with Crippen molar-refractivity contribution >= 4 is 40.1 Å². The van der Waals surface area contributed by atoms with Gasteiger partial charge in [0.2, 0.25) is 0 Å². The molecule has 98 valence electrons. The van der Waals surface area contributed by atoms with Crippen molar-refractivity contribution < 1.29 is 14.6 Å². The molecule has 0 bridgehead atoms. The molecule has 1 aromatic carbocycles. The van der Waals surface area contributed by atoms with Crippen LogP contribution in [-0.4, -0.2) is 42.2 Å². The highest BCUT2D eigenvalue weighted by Gasteiger charge is 2.27. The van der Waals surface area contributed by atoms with Crippen molar-refractivity contribution in [2.24, 2.45) is 0 Å². The average molecular weight is 382 g/mol. The summed E-state index contributed by atoms with van der Waals surface area (Å²) in [6.07, 6.45) is 0.186.